The predicted octanol–water partition coefficient (Wildman–Crippen LogP) is 8.72. The second kappa shape index (κ2) is 35.0. The molecule has 5 N–H and O–H groups in total. The van der Waals surface area contributed by atoms with Crippen LogP contribution in [0.25, 0.3) is 0 Å². The predicted molar refractivity (Wildman–Crippen MR) is 217 cm³/mol. The first-order valence-corrected chi connectivity index (χ1v) is 23.3. The summed E-state index contributed by atoms with van der Waals surface area (Å²) in [5.74, 6) is -0.417. The van der Waals surface area contributed by atoms with Crippen LogP contribution in [0.3, 0.4) is 0 Å². The molecule has 0 rings (SSSR count). The largest absolute Gasteiger partial charge is 0.472 e. The Hall–Kier alpha value is -1.96. The zero-order chi connectivity index (χ0) is 41.9. The SMILES string of the molecule is CCCCC/C=C\C=C/[C@@H](O)C/C=C\C/C=C/CCCC(=O)OC[C@H](COP(=O)(O)OC[C@@H](O)COP(=O)(O)O)OC(=O)CCCCCCCCCCC(C)C. The molecule has 0 amide bonds. The third kappa shape index (κ3) is 38.9. The fourth-order valence-electron chi connectivity index (χ4n) is 5.07. The normalized spacial score (nSPS) is 15.3. The van der Waals surface area contributed by atoms with Gasteiger partial charge in [-0.25, -0.2) is 9.13 Å². The number of hydrogen-bond donors (Lipinski definition) is 5. The lowest BCUT2D eigenvalue weighted by Crippen LogP contribution is -2.30. The molecular formula is C40H72O14P2. The van der Waals surface area contributed by atoms with Gasteiger partial charge in [0.2, 0.25) is 0 Å². The number of carbonyl (C=O) groups excluding carboxylic acids is 2. The lowest BCUT2D eigenvalue weighted by molar-refractivity contribution is -0.161. The quantitative estimate of drug-likeness (QED) is 0.0130. The summed E-state index contributed by atoms with van der Waals surface area (Å²) in [4.78, 5) is 52.5. The van der Waals surface area contributed by atoms with Gasteiger partial charge < -0.3 is 34.4 Å². The van der Waals surface area contributed by atoms with Gasteiger partial charge in [-0.3, -0.25) is 23.2 Å². The summed E-state index contributed by atoms with van der Waals surface area (Å²) in [6.45, 7) is 3.81. The van der Waals surface area contributed by atoms with E-state index in [2.05, 4.69) is 35.9 Å². The Kier molecular flexibility index (Phi) is 33.8. The summed E-state index contributed by atoms with van der Waals surface area (Å²) in [6.07, 6.45) is 28.8. The highest BCUT2D eigenvalue weighted by Gasteiger charge is 2.28. The van der Waals surface area contributed by atoms with E-state index < -0.39 is 72.3 Å². The molecule has 0 heterocycles. The fourth-order valence-corrected chi connectivity index (χ4v) is 6.23. The molecule has 0 radical (unpaired) electrons. The van der Waals surface area contributed by atoms with Crippen LogP contribution in [0.2, 0.25) is 0 Å². The summed E-state index contributed by atoms with van der Waals surface area (Å²) in [6, 6.07) is 0. The van der Waals surface area contributed by atoms with Crippen LogP contribution in [0.4, 0.5) is 0 Å². The molecule has 0 aliphatic heterocycles. The molecule has 4 atom stereocenters. The smallest absolute Gasteiger partial charge is 0.462 e. The van der Waals surface area contributed by atoms with Gasteiger partial charge in [0.25, 0.3) is 0 Å². The molecule has 0 saturated carbocycles. The van der Waals surface area contributed by atoms with Crippen molar-refractivity contribution in [3.8, 4) is 0 Å². The number of phosphoric acid groups is 2. The Labute approximate surface area is 335 Å². The number of allylic oxidation sites excluding steroid dienone is 6. The second-order valence-electron chi connectivity index (χ2n) is 14.2. The van der Waals surface area contributed by atoms with E-state index in [4.69, 9.17) is 23.8 Å². The Morgan fingerprint density at radius 2 is 1.25 bits per heavy atom. The highest BCUT2D eigenvalue weighted by molar-refractivity contribution is 7.47. The van der Waals surface area contributed by atoms with E-state index in [1.54, 1.807) is 6.08 Å². The Morgan fingerprint density at radius 3 is 1.93 bits per heavy atom. The monoisotopic (exact) mass is 838 g/mol. The number of phosphoric ester groups is 2. The zero-order valence-electron chi connectivity index (χ0n) is 34.0. The van der Waals surface area contributed by atoms with E-state index in [1.807, 2.05) is 36.5 Å². The number of rotatable bonds is 37. The van der Waals surface area contributed by atoms with Gasteiger partial charge in [0.1, 0.15) is 12.7 Å². The summed E-state index contributed by atoms with van der Waals surface area (Å²) in [5, 5.41) is 19.8. The van der Waals surface area contributed by atoms with Crippen LogP contribution >= 0.6 is 15.6 Å². The molecule has 0 aliphatic carbocycles. The molecule has 0 bridgehead atoms. The number of ether oxygens (including phenoxy) is 2. The molecule has 56 heavy (non-hydrogen) atoms. The lowest BCUT2D eigenvalue weighted by Gasteiger charge is -2.20. The number of unbranched alkanes of at least 4 members (excludes halogenated alkanes) is 11. The van der Waals surface area contributed by atoms with E-state index >= 15 is 0 Å². The number of hydrogen-bond acceptors (Lipinski definition) is 11. The summed E-state index contributed by atoms with van der Waals surface area (Å²) >= 11 is 0. The van der Waals surface area contributed by atoms with Crippen LogP contribution in [0.15, 0.2) is 48.6 Å². The standard InChI is InChI=1S/C40H72O14P2/c1-4-5-6-7-11-17-22-27-36(41)28-23-18-13-10-15-19-24-29-39(43)50-33-38(34-53-56(48,49)52-32-37(42)31-51-55(45,46)47)54-40(44)30-25-20-14-9-8-12-16-21-26-35(2)3/h10-11,15,17-18,22-23,27,35-38,41-42H,4-9,12-14,16,19-21,24-26,28-34H2,1-3H3,(H,48,49)(H2,45,46,47)/b15-10+,17-11-,23-18-,27-22-/t36-,37+,38-/m1/s1. The maximum absolute atomic E-state index is 12.6. The van der Waals surface area contributed by atoms with Crippen molar-refractivity contribution < 1.29 is 66.7 Å². The van der Waals surface area contributed by atoms with Crippen LogP contribution in [0, 0.1) is 5.92 Å². The first-order chi connectivity index (χ1) is 26.6. The van der Waals surface area contributed by atoms with E-state index in [0.717, 1.165) is 38.0 Å². The van der Waals surface area contributed by atoms with E-state index in [1.165, 1.54) is 44.9 Å². The topological polar surface area (TPSA) is 216 Å². The number of carbonyl (C=O) groups is 2. The molecule has 326 valence electrons. The van der Waals surface area contributed by atoms with Gasteiger partial charge >= 0.3 is 27.6 Å². The third-order valence-electron chi connectivity index (χ3n) is 8.22. The van der Waals surface area contributed by atoms with Crippen molar-refractivity contribution in [2.45, 2.75) is 161 Å². The highest BCUT2D eigenvalue weighted by atomic mass is 31.2. The Morgan fingerprint density at radius 1 is 0.643 bits per heavy atom. The van der Waals surface area contributed by atoms with Crippen LogP contribution in [0.1, 0.15) is 143 Å². The second-order valence-corrected chi connectivity index (χ2v) is 16.9. The Bertz CT molecular complexity index is 1210. The summed E-state index contributed by atoms with van der Waals surface area (Å²) in [7, 11) is -9.70. The van der Waals surface area contributed by atoms with Gasteiger partial charge in [-0.1, -0.05) is 134 Å². The first-order valence-electron chi connectivity index (χ1n) is 20.3. The van der Waals surface area contributed by atoms with Crippen LogP contribution in [-0.2, 0) is 41.8 Å². The molecular weight excluding hydrogens is 766 g/mol. The van der Waals surface area contributed by atoms with Crippen molar-refractivity contribution in [2.75, 3.05) is 26.4 Å². The first kappa shape index (κ1) is 54.0. The van der Waals surface area contributed by atoms with E-state index in [-0.39, 0.29) is 12.8 Å². The molecule has 0 spiro atoms. The van der Waals surface area contributed by atoms with Gasteiger partial charge in [-0.15, -0.1) is 0 Å². The van der Waals surface area contributed by atoms with Crippen molar-refractivity contribution in [1.29, 1.82) is 0 Å². The maximum Gasteiger partial charge on any atom is 0.472 e. The van der Waals surface area contributed by atoms with Crippen molar-refractivity contribution in [2.24, 2.45) is 5.92 Å². The minimum absolute atomic E-state index is 0.0845. The maximum atomic E-state index is 12.6. The molecule has 16 heteroatoms. The zero-order valence-corrected chi connectivity index (χ0v) is 35.8. The van der Waals surface area contributed by atoms with Gasteiger partial charge in [-0.05, 0) is 50.9 Å². The fraction of sp³-hybridized carbons (Fsp3) is 0.750. The minimum atomic E-state index is -4.87. The van der Waals surface area contributed by atoms with Gasteiger partial charge in [0, 0.05) is 12.8 Å². The highest BCUT2D eigenvalue weighted by Crippen LogP contribution is 2.43. The van der Waals surface area contributed by atoms with Gasteiger partial charge in [-0.2, -0.15) is 0 Å². The van der Waals surface area contributed by atoms with Crippen molar-refractivity contribution >= 4 is 27.6 Å². The molecule has 0 aliphatic rings. The molecule has 0 aromatic rings. The summed E-state index contributed by atoms with van der Waals surface area (Å²) < 4.78 is 47.5. The molecule has 0 aromatic heterocycles. The molecule has 0 aromatic carbocycles. The average Bonchev–Trinajstić information content (AvgIpc) is 3.13. The minimum Gasteiger partial charge on any atom is -0.462 e. The van der Waals surface area contributed by atoms with Crippen molar-refractivity contribution in [3.63, 3.8) is 0 Å². The van der Waals surface area contributed by atoms with E-state index in [9.17, 15) is 33.8 Å². The van der Waals surface area contributed by atoms with Gasteiger partial charge in [0.15, 0.2) is 6.10 Å². The number of esters is 2. The number of aliphatic hydroxyl groups excluding tert-OH is 2. The molecule has 0 saturated heterocycles. The third-order valence-corrected chi connectivity index (χ3v) is 9.66. The molecule has 14 nitrogen and oxygen atoms in total. The van der Waals surface area contributed by atoms with Gasteiger partial charge in [0.05, 0.1) is 25.9 Å². The lowest BCUT2D eigenvalue weighted by atomic mass is 10.0. The van der Waals surface area contributed by atoms with Crippen molar-refractivity contribution in [1.82, 2.24) is 0 Å². The van der Waals surface area contributed by atoms with Crippen LogP contribution in [-0.4, -0.2) is 81.6 Å². The number of aliphatic hydroxyl groups is 2. The average molecular weight is 839 g/mol. The molecule has 1 unspecified atom stereocenters. The van der Waals surface area contributed by atoms with Crippen LogP contribution in [0.5, 0.6) is 0 Å². The Balaban J connectivity index is 4.69. The van der Waals surface area contributed by atoms with Crippen LogP contribution < -0.4 is 0 Å². The summed E-state index contributed by atoms with van der Waals surface area (Å²) in [5.41, 5.74) is 0. The van der Waals surface area contributed by atoms with Crippen molar-refractivity contribution in [3.05, 3.63) is 48.6 Å². The van der Waals surface area contributed by atoms with E-state index in [0.29, 0.717) is 32.1 Å². The molecule has 0 fully saturated rings.